The number of hydrogen-bond acceptors (Lipinski definition) is 4. The maximum Gasteiger partial charge on any atom is 0.407 e. The quantitative estimate of drug-likeness (QED) is 0.578. The molecule has 7 nitrogen and oxygen atoms in total. The molecule has 0 saturated heterocycles. The molecule has 2 aliphatic carbocycles. The van der Waals surface area contributed by atoms with Gasteiger partial charge in [-0.05, 0) is 60.8 Å². The highest BCUT2D eigenvalue weighted by Crippen LogP contribution is 2.44. The third-order valence-electron chi connectivity index (χ3n) is 7.16. The van der Waals surface area contributed by atoms with Gasteiger partial charge < -0.3 is 20.1 Å². The summed E-state index contributed by atoms with van der Waals surface area (Å²) in [7, 11) is 0. The van der Waals surface area contributed by atoms with Crippen LogP contribution in [0.3, 0.4) is 0 Å². The van der Waals surface area contributed by atoms with Crippen LogP contribution in [0, 0.1) is 11.8 Å². The topological polar surface area (TPSA) is 95.9 Å². The Bertz CT molecular complexity index is 1020. The number of carbonyl (C=O) groups excluding carboxylic acids is 2. The molecule has 180 valence electrons. The lowest BCUT2D eigenvalue weighted by molar-refractivity contribution is -0.150. The zero-order chi connectivity index (χ0) is 24.2. The lowest BCUT2D eigenvalue weighted by Gasteiger charge is -2.36. The van der Waals surface area contributed by atoms with Gasteiger partial charge in [0.2, 0.25) is 5.91 Å². The van der Waals surface area contributed by atoms with E-state index in [9.17, 15) is 14.4 Å². The van der Waals surface area contributed by atoms with Gasteiger partial charge in [0.15, 0.2) is 0 Å². The Labute approximate surface area is 200 Å². The van der Waals surface area contributed by atoms with E-state index in [2.05, 4.69) is 29.6 Å². The largest absolute Gasteiger partial charge is 0.480 e. The molecule has 0 aromatic heterocycles. The molecule has 1 unspecified atom stereocenters. The van der Waals surface area contributed by atoms with Crippen LogP contribution >= 0.6 is 0 Å². The number of aliphatic carboxylic acids is 1. The summed E-state index contributed by atoms with van der Waals surface area (Å²) in [6, 6.07) is 15.7. The maximum absolute atomic E-state index is 12.5. The van der Waals surface area contributed by atoms with Crippen LogP contribution in [0.4, 0.5) is 4.79 Å². The van der Waals surface area contributed by atoms with E-state index < -0.39 is 18.1 Å². The number of fused-ring (bicyclic) bond motifs is 3. The number of ether oxygens (including phenoxy) is 1. The Morgan fingerprint density at radius 3 is 2.18 bits per heavy atom. The van der Waals surface area contributed by atoms with E-state index in [4.69, 9.17) is 9.84 Å². The summed E-state index contributed by atoms with van der Waals surface area (Å²) in [5, 5.41) is 12.0. The first-order valence-corrected chi connectivity index (χ1v) is 12.0. The number of nitrogens with one attached hydrogen (secondary N) is 1. The van der Waals surface area contributed by atoms with Crippen LogP contribution < -0.4 is 5.32 Å². The summed E-state index contributed by atoms with van der Waals surface area (Å²) in [4.78, 5) is 37.4. The van der Waals surface area contributed by atoms with Gasteiger partial charge in [-0.15, -0.1) is 0 Å². The SMILES string of the molecule is CCN(C(=O)CC1CC(CNC(=O)OCC2c3ccccc3-c3ccccc32)C1)C(C)C(=O)O. The van der Waals surface area contributed by atoms with Crippen LogP contribution in [0.5, 0.6) is 0 Å². The van der Waals surface area contributed by atoms with Gasteiger partial charge in [0.25, 0.3) is 0 Å². The number of carbonyl (C=O) groups is 3. The van der Waals surface area contributed by atoms with Gasteiger partial charge in [-0.1, -0.05) is 48.5 Å². The van der Waals surface area contributed by atoms with Crippen LogP contribution in [0.25, 0.3) is 11.1 Å². The van der Waals surface area contributed by atoms with Crippen LogP contribution in [-0.4, -0.2) is 53.7 Å². The van der Waals surface area contributed by atoms with Gasteiger partial charge in [0.1, 0.15) is 12.6 Å². The van der Waals surface area contributed by atoms with Gasteiger partial charge in [-0.2, -0.15) is 0 Å². The number of alkyl carbamates (subject to hydrolysis) is 1. The predicted molar refractivity (Wildman–Crippen MR) is 128 cm³/mol. The molecule has 7 heteroatoms. The van der Waals surface area contributed by atoms with E-state index in [0.29, 0.717) is 25.4 Å². The molecule has 2 amide bonds. The zero-order valence-corrected chi connectivity index (χ0v) is 19.7. The second-order valence-electron chi connectivity index (χ2n) is 9.31. The van der Waals surface area contributed by atoms with Crippen molar-refractivity contribution < 1.29 is 24.2 Å². The average Bonchev–Trinajstić information content (AvgIpc) is 3.13. The molecule has 1 saturated carbocycles. The second kappa shape index (κ2) is 10.3. The third kappa shape index (κ3) is 4.93. The van der Waals surface area contributed by atoms with E-state index in [1.807, 2.05) is 24.3 Å². The summed E-state index contributed by atoms with van der Waals surface area (Å²) < 4.78 is 5.58. The minimum absolute atomic E-state index is 0.0342. The van der Waals surface area contributed by atoms with Crippen molar-refractivity contribution in [2.75, 3.05) is 19.7 Å². The van der Waals surface area contributed by atoms with E-state index in [1.54, 1.807) is 6.92 Å². The van der Waals surface area contributed by atoms with E-state index in [0.717, 1.165) is 12.8 Å². The van der Waals surface area contributed by atoms with Gasteiger partial charge in [-0.3, -0.25) is 4.79 Å². The standard InChI is InChI=1S/C27H32N2O5/c1-3-29(17(2)26(31)32)25(30)14-18-12-19(13-18)15-28-27(33)34-16-24-22-10-6-4-8-20(22)21-9-5-7-11-23(21)24/h4-11,17-19,24H,3,12-16H2,1-2H3,(H,28,33)(H,31,32). The number of benzene rings is 2. The van der Waals surface area contributed by atoms with Crippen molar-refractivity contribution in [3.8, 4) is 11.1 Å². The normalized spacial score (nSPS) is 19.4. The monoisotopic (exact) mass is 464 g/mol. The number of nitrogens with zero attached hydrogens (tertiary/aromatic N) is 1. The van der Waals surface area contributed by atoms with Crippen LogP contribution in [0.15, 0.2) is 48.5 Å². The summed E-state index contributed by atoms with van der Waals surface area (Å²) >= 11 is 0. The molecule has 4 rings (SSSR count). The fourth-order valence-electron chi connectivity index (χ4n) is 5.25. The minimum atomic E-state index is -0.992. The predicted octanol–water partition coefficient (Wildman–Crippen LogP) is 4.26. The first-order chi connectivity index (χ1) is 16.4. The van der Waals surface area contributed by atoms with Crippen LogP contribution in [0.1, 0.15) is 50.2 Å². The first kappa shape index (κ1) is 23.8. The van der Waals surface area contributed by atoms with Crippen molar-refractivity contribution in [1.29, 1.82) is 0 Å². The van der Waals surface area contributed by atoms with Gasteiger partial charge in [-0.25, -0.2) is 9.59 Å². The minimum Gasteiger partial charge on any atom is -0.480 e. The molecule has 2 aromatic rings. The Morgan fingerprint density at radius 2 is 1.62 bits per heavy atom. The number of likely N-dealkylation sites (N-methyl/N-ethyl adjacent to an activating group) is 1. The van der Waals surface area contributed by atoms with Crippen molar-refractivity contribution >= 4 is 18.0 Å². The average molecular weight is 465 g/mol. The molecule has 2 aliphatic rings. The van der Waals surface area contributed by atoms with Crippen molar-refractivity contribution in [3.63, 3.8) is 0 Å². The van der Waals surface area contributed by atoms with E-state index in [-0.39, 0.29) is 24.3 Å². The van der Waals surface area contributed by atoms with Crippen molar-refractivity contribution in [1.82, 2.24) is 10.2 Å². The van der Waals surface area contributed by atoms with Gasteiger partial charge in [0, 0.05) is 25.4 Å². The van der Waals surface area contributed by atoms with Crippen molar-refractivity contribution in [2.24, 2.45) is 11.8 Å². The third-order valence-corrected chi connectivity index (χ3v) is 7.16. The molecule has 0 radical (unpaired) electrons. The highest BCUT2D eigenvalue weighted by molar-refractivity contribution is 5.83. The molecule has 0 aliphatic heterocycles. The summed E-state index contributed by atoms with van der Waals surface area (Å²) in [6.07, 6.45) is 1.62. The number of carboxylic acid groups (broad SMARTS) is 1. The van der Waals surface area contributed by atoms with Crippen molar-refractivity contribution in [2.45, 2.75) is 45.1 Å². The molecule has 34 heavy (non-hydrogen) atoms. The molecule has 0 spiro atoms. The summed E-state index contributed by atoms with van der Waals surface area (Å²) in [5.41, 5.74) is 4.76. The maximum atomic E-state index is 12.5. The van der Waals surface area contributed by atoms with Gasteiger partial charge in [0.05, 0.1) is 0 Å². The van der Waals surface area contributed by atoms with Crippen LogP contribution in [-0.2, 0) is 14.3 Å². The summed E-state index contributed by atoms with van der Waals surface area (Å²) in [6.45, 7) is 4.51. The Morgan fingerprint density at radius 1 is 1.03 bits per heavy atom. The van der Waals surface area contributed by atoms with Gasteiger partial charge >= 0.3 is 12.1 Å². The zero-order valence-electron chi connectivity index (χ0n) is 19.7. The number of amides is 2. The van der Waals surface area contributed by atoms with E-state index in [1.165, 1.54) is 34.1 Å². The first-order valence-electron chi connectivity index (χ1n) is 12.0. The molecular formula is C27H32N2O5. The van der Waals surface area contributed by atoms with Crippen molar-refractivity contribution in [3.05, 3.63) is 59.7 Å². The fourth-order valence-corrected chi connectivity index (χ4v) is 5.25. The highest BCUT2D eigenvalue weighted by atomic mass is 16.5. The van der Waals surface area contributed by atoms with E-state index >= 15 is 0 Å². The molecule has 2 aromatic carbocycles. The number of rotatable bonds is 9. The lowest BCUT2D eigenvalue weighted by Crippen LogP contribution is -2.45. The molecule has 2 N–H and O–H groups in total. The lowest BCUT2D eigenvalue weighted by atomic mass is 9.73. The molecule has 1 atom stereocenters. The summed E-state index contributed by atoms with van der Waals surface area (Å²) in [5.74, 6) is -0.534. The molecular weight excluding hydrogens is 432 g/mol. The Kier molecular flexibility index (Phi) is 7.20. The van der Waals surface area contributed by atoms with Crippen LogP contribution in [0.2, 0.25) is 0 Å². The number of hydrogen-bond donors (Lipinski definition) is 2. The molecule has 0 bridgehead atoms. The highest BCUT2D eigenvalue weighted by Gasteiger charge is 2.34. The fraction of sp³-hybridized carbons (Fsp3) is 0.444. The smallest absolute Gasteiger partial charge is 0.407 e. The Hall–Kier alpha value is -3.35. The Balaban J connectivity index is 1.20. The molecule has 1 fully saturated rings. The second-order valence-corrected chi connectivity index (χ2v) is 9.31. The molecule has 0 heterocycles. The number of carboxylic acids is 1.